The first kappa shape index (κ1) is 12.4. The molecule has 2 nitrogen and oxygen atoms in total. The molecule has 0 radical (unpaired) electrons. The van der Waals surface area contributed by atoms with Gasteiger partial charge in [0.2, 0.25) is 0 Å². The maximum absolute atomic E-state index is 13.5. The Balaban J connectivity index is 3.02. The van der Waals surface area contributed by atoms with Crippen molar-refractivity contribution < 1.29 is 9.23 Å². The van der Waals surface area contributed by atoms with E-state index in [2.05, 4.69) is 10.3 Å². The van der Waals surface area contributed by atoms with Gasteiger partial charge in [0.05, 0.1) is 12.1 Å². The normalized spacial score (nSPS) is 11.1. The SMILES string of the molecule is CONCc1cc(C(C)C)cc(Cl)c1F. The van der Waals surface area contributed by atoms with Crippen LogP contribution in [0.25, 0.3) is 0 Å². The summed E-state index contributed by atoms with van der Waals surface area (Å²) in [5.41, 5.74) is 4.14. The second-order valence-corrected chi connectivity index (χ2v) is 4.06. The molecule has 1 aromatic rings. The van der Waals surface area contributed by atoms with Gasteiger partial charge in [-0.15, -0.1) is 0 Å². The Bertz CT molecular complexity index is 342. The van der Waals surface area contributed by atoms with Gasteiger partial charge in [-0.05, 0) is 17.5 Å². The van der Waals surface area contributed by atoms with Crippen LogP contribution in [-0.4, -0.2) is 7.11 Å². The lowest BCUT2D eigenvalue weighted by atomic mass is 10.0. The van der Waals surface area contributed by atoms with Gasteiger partial charge in [-0.2, -0.15) is 5.48 Å². The van der Waals surface area contributed by atoms with Crippen molar-refractivity contribution in [1.29, 1.82) is 0 Å². The minimum atomic E-state index is -0.384. The van der Waals surface area contributed by atoms with Crippen LogP contribution in [0.15, 0.2) is 12.1 Å². The maximum atomic E-state index is 13.5. The van der Waals surface area contributed by atoms with E-state index in [0.717, 1.165) is 5.56 Å². The van der Waals surface area contributed by atoms with E-state index in [0.29, 0.717) is 18.0 Å². The third kappa shape index (κ3) is 3.16. The van der Waals surface area contributed by atoms with E-state index in [9.17, 15) is 4.39 Å². The van der Waals surface area contributed by atoms with E-state index in [-0.39, 0.29) is 10.8 Å². The number of halogens is 2. The Hall–Kier alpha value is -0.640. The largest absolute Gasteiger partial charge is 0.305 e. The van der Waals surface area contributed by atoms with E-state index in [1.165, 1.54) is 7.11 Å². The minimum absolute atomic E-state index is 0.161. The summed E-state index contributed by atoms with van der Waals surface area (Å²) in [6.45, 7) is 4.39. The van der Waals surface area contributed by atoms with Gasteiger partial charge >= 0.3 is 0 Å². The van der Waals surface area contributed by atoms with Crippen molar-refractivity contribution in [3.05, 3.63) is 34.1 Å². The Kier molecular flexibility index (Phi) is 4.51. The fourth-order valence-electron chi connectivity index (χ4n) is 1.28. The molecule has 0 atom stereocenters. The van der Waals surface area contributed by atoms with E-state index in [4.69, 9.17) is 11.6 Å². The van der Waals surface area contributed by atoms with E-state index in [1.807, 2.05) is 13.8 Å². The van der Waals surface area contributed by atoms with Crippen LogP contribution in [0.5, 0.6) is 0 Å². The van der Waals surface area contributed by atoms with Crippen molar-refractivity contribution in [2.24, 2.45) is 0 Å². The summed E-state index contributed by atoms with van der Waals surface area (Å²) in [6, 6.07) is 3.47. The molecule has 0 aromatic heterocycles. The molecule has 0 amide bonds. The highest BCUT2D eigenvalue weighted by Gasteiger charge is 2.10. The quantitative estimate of drug-likeness (QED) is 0.804. The van der Waals surface area contributed by atoms with Crippen LogP contribution in [0.3, 0.4) is 0 Å². The lowest BCUT2D eigenvalue weighted by molar-refractivity contribution is 0.0859. The van der Waals surface area contributed by atoms with Gasteiger partial charge in [-0.1, -0.05) is 31.5 Å². The van der Waals surface area contributed by atoms with E-state index < -0.39 is 0 Å². The van der Waals surface area contributed by atoms with Gasteiger partial charge in [0.1, 0.15) is 5.82 Å². The van der Waals surface area contributed by atoms with Gasteiger partial charge in [0.15, 0.2) is 0 Å². The zero-order chi connectivity index (χ0) is 11.4. The Morgan fingerprint density at radius 3 is 2.67 bits per heavy atom. The number of hydrogen-bond donors (Lipinski definition) is 1. The van der Waals surface area contributed by atoms with Crippen LogP contribution in [0, 0.1) is 5.82 Å². The summed E-state index contributed by atoms with van der Waals surface area (Å²) in [7, 11) is 1.49. The minimum Gasteiger partial charge on any atom is -0.305 e. The molecule has 0 spiro atoms. The van der Waals surface area contributed by atoms with Crippen LogP contribution in [-0.2, 0) is 11.4 Å². The monoisotopic (exact) mass is 231 g/mol. The van der Waals surface area contributed by atoms with Gasteiger partial charge in [0, 0.05) is 12.1 Å². The predicted molar refractivity (Wildman–Crippen MR) is 59.3 cm³/mol. The molecule has 1 N–H and O–H groups in total. The zero-order valence-corrected chi connectivity index (χ0v) is 9.86. The molecule has 0 aliphatic carbocycles. The Morgan fingerprint density at radius 1 is 1.47 bits per heavy atom. The number of hydrogen-bond acceptors (Lipinski definition) is 2. The van der Waals surface area contributed by atoms with Crippen molar-refractivity contribution in [3.8, 4) is 0 Å². The average Bonchev–Trinajstić information content (AvgIpc) is 2.19. The molecule has 1 aromatic carbocycles. The molecule has 0 bridgehead atoms. The fraction of sp³-hybridized carbons (Fsp3) is 0.455. The summed E-state index contributed by atoms with van der Waals surface area (Å²) in [4.78, 5) is 4.68. The van der Waals surface area contributed by atoms with Crippen LogP contribution >= 0.6 is 11.6 Å². The number of rotatable bonds is 4. The maximum Gasteiger partial charge on any atom is 0.146 e. The number of nitrogens with one attached hydrogen (secondary N) is 1. The molecule has 0 saturated carbocycles. The molecular weight excluding hydrogens is 217 g/mol. The molecule has 84 valence electrons. The van der Waals surface area contributed by atoms with Crippen molar-refractivity contribution in [1.82, 2.24) is 5.48 Å². The van der Waals surface area contributed by atoms with Crippen molar-refractivity contribution in [2.75, 3.05) is 7.11 Å². The summed E-state index contributed by atoms with van der Waals surface area (Å²) in [5, 5.41) is 0.161. The van der Waals surface area contributed by atoms with Crippen LogP contribution in [0.4, 0.5) is 4.39 Å². The molecule has 0 saturated heterocycles. The fourth-order valence-corrected chi connectivity index (χ4v) is 1.53. The summed E-state index contributed by atoms with van der Waals surface area (Å²) in [6.07, 6.45) is 0. The molecule has 15 heavy (non-hydrogen) atoms. The number of hydroxylamine groups is 1. The van der Waals surface area contributed by atoms with Gasteiger partial charge in [-0.25, -0.2) is 4.39 Å². The summed E-state index contributed by atoms with van der Waals surface area (Å²) in [5.74, 6) is -0.0602. The third-order valence-electron chi connectivity index (χ3n) is 2.20. The first-order valence-electron chi connectivity index (χ1n) is 4.80. The number of benzene rings is 1. The molecule has 4 heteroatoms. The van der Waals surface area contributed by atoms with Crippen LogP contribution in [0.1, 0.15) is 30.9 Å². The Morgan fingerprint density at radius 2 is 2.13 bits per heavy atom. The van der Waals surface area contributed by atoms with Gasteiger partial charge in [0.25, 0.3) is 0 Å². The van der Waals surface area contributed by atoms with Gasteiger partial charge < -0.3 is 4.84 Å². The standard InChI is InChI=1S/C11H15ClFNO/c1-7(2)8-4-9(6-14-15-3)11(13)10(12)5-8/h4-5,7,14H,6H2,1-3H3. The summed E-state index contributed by atoms with van der Waals surface area (Å²) < 4.78 is 13.5. The molecule has 0 unspecified atom stereocenters. The molecule has 0 heterocycles. The highest BCUT2D eigenvalue weighted by atomic mass is 35.5. The van der Waals surface area contributed by atoms with Crippen molar-refractivity contribution >= 4 is 11.6 Å². The van der Waals surface area contributed by atoms with Crippen molar-refractivity contribution in [2.45, 2.75) is 26.3 Å². The summed E-state index contributed by atoms with van der Waals surface area (Å²) >= 11 is 5.80. The van der Waals surface area contributed by atoms with E-state index >= 15 is 0 Å². The molecule has 0 aliphatic rings. The first-order chi connectivity index (χ1) is 7.06. The third-order valence-corrected chi connectivity index (χ3v) is 2.47. The predicted octanol–water partition coefficient (Wildman–Crippen LogP) is 3.25. The van der Waals surface area contributed by atoms with Crippen molar-refractivity contribution in [3.63, 3.8) is 0 Å². The highest BCUT2D eigenvalue weighted by molar-refractivity contribution is 6.30. The lowest BCUT2D eigenvalue weighted by Crippen LogP contribution is -2.12. The zero-order valence-electron chi connectivity index (χ0n) is 9.10. The second-order valence-electron chi connectivity index (χ2n) is 3.66. The first-order valence-corrected chi connectivity index (χ1v) is 5.17. The topological polar surface area (TPSA) is 21.3 Å². The Labute approximate surface area is 94.3 Å². The van der Waals surface area contributed by atoms with Crippen LogP contribution in [0.2, 0.25) is 5.02 Å². The second kappa shape index (κ2) is 5.45. The average molecular weight is 232 g/mol. The highest BCUT2D eigenvalue weighted by Crippen LogP contribution is 2.25. The molecular formula is C11H15ClFNO. The van der Waals surface area contributed by atoms with Crippen LogP contribution < -0.4 is 5.48 Å². The molecule has 0 aliphatic heterocycles. The lowest BCUT2D eigenvalue weighted by Gasteiger charge is -2.11. The smallest absolute Gasteiger partial charge is 0.146 e. The molecule has 0 fully saturated rings. The van der Waals surface area contributed by atoms with E-state index in [1.54, 1.807) is 12.1 Å². The van der Waals surface area contributed by atoms with Gasteiger partial charge in [-0.3, -0.25) is 0 Å². The molecule has 1 rings (SSSR count).